The van der Waals surface area contributed by atoms with E-state index in [-0.39, 0.29) is 12.1 Å². The molecule has 0 fully saturated rings. The Balaban J connectivity index is 1.44. The predicted molar refractivity (Wildman–Crippen MR) is 107 cm³/mol. The van der Waals surface area contributed by atoms with Crippen LogP contribution in [0.15, 0.2) is 54.0 Å². The van der Waals surface area contributed by atoms with E-state index in [1.807, 2.05) is 0 Å². The van der Waals surface area contributed by atoms with Crippen LogP contribution in [0.2, 0.25) is 5.02 Å². The molecule has 0 aliphatic heterocycles. The summed E-state index contributed by atoms with van der Waals surface area (Å²) >= 11 is 5.89. The third-order valence-corrected chi connectivity index (χ3v) is 4.71. The van der Waals surface area contributed by atoms with Gasteiger partial charge in [-0.2, -0.15) is 5.10 Å². The highest BCUT2D eigenvalue weighted by atomic mass is 35.5. The number of rotatable bonds is 4. The summed E-state index contributed by atoms with van der Waals surface area (Å²) in [6.45, 7) is 2.02. The second kappa shape index (κ2) is 6.71. The van der Waals surface area contributed by atoms with Gasteiger partial charge in [0.2, 0.25) is 5.88 Å². The van der Waals surface area contributed by atoms with E-state index in [4.69, 9.17) is 16.3 Å². The van der Waals surface area contributed by atoms with Crippen molar-refractivity contribution in [1.82, 2.24) is 34.1 Å². The number of imidazole rings is 2. The fourth-order valence-corrected chi connectivity index (χ4v) is 3.17. The number of H-pyrrole nitrogens is 1. The van der Waals surface area contributed by atoms with Crippen LogP contribution in [0.5, 0.6) is 11.6 Å². The summed E-state index contributed by atoms with van der Waals surface area (Å²) in [7, 11) is 0. The van der Waals surface area contributed by atoms with Gasteiger partial charge in [-0.15, -0.1) is 0 Å². The molecule has 0 radical (unpaired) electrons. The van der Waals surface area contributed by atoms with E-state index in [1.165, 1.54) is 21.7 Å². The lowest BCUT2D eigenvalue weighted by molar-refractivity contribution is 0.464. The molecule has 0 atom stereocenters. The first-order valence-corrected chi connectivity index (χ1v) is 9.12. The number of halogens is 1. The summed E-state index contributed by atoms with van der Waals surface area (Å²) in [6.07, 6.45) is 4.63. The van der Waals surface area contributed by atoms with Gasteiger partial charge >= 0.3 is 0 Å². The molecule has 144 valence electrons. The van der Waals surface area contributed by atoms with Gasteiger partial charge in [-0.05, 0) is 31.2 Å². The molecule has 9 nitrogen and oxygen atoms in total. The summed E-state index contributed by atoms with van der Waals surface area (Å²) in [6, 6.07) is 8.74. The SMILES string of the molecule is Cc1ncn2ncn(Cc3nc4cc(Oc5ccc(Cl)cc5)ncc4[nH]3)c(=O)c12. The molecule has 0 unspecified atom stereocenters. The number of benzene rings is 1. The van der Waals surface area contributed by atoms with Gasteiger partial charge in [0.05, 0.1) is 29.5 Å². The van der Waals surface area contributed by atoms with Crippen molar-refractivity contribution in [2.75, 3.05) is 0 Å². The van der Waals surface area contributed by atoms with E-state index >= 15 is 0 Å². The maximum Gasteiger partial charge on any atom is 0.280 e. The van der Waals surface area contributed by atoms with Gasteiger partial charge in [0, 0.05) is 11.1 Å². The number of hydrogen-bond donors (Lipinski definition) is 1. The Bertz CT molecular complexity index is 1400. The maximum atomic E-state index is 12.7. The third-order valence-electron chi connectivity index (χ3n) is 4.46. The number of nitrogens with one attached hydrogen (secondary N) is 1. The lowest BCUT2D eigenvalue weighted by Gasteiger charge is -2.03. The largest absolute Gasteiger partial charge is 0.439 e. The van der Waals surface area contributed by atoms with E-state index in [1.54, 1.807) is 43.5 Å². The molecule has 4 aromatic heterocycles. The van der Waals surface area contributed by atoms with Crippen molar-refractivity contribution in [2.24, 2.45) is 0 Å². The number of aryl methyl sites for hydroxylation is 1. The Labute approximate surface area is 168 Å². The highest BCUT2D eigenvalue weighted by Gasteiger charge is 2.11. The summed E-state index contributed by atoms with van der Waals surface area (Å²) < 4.78 is 8.70. The number of pyridine rings is 1. The molecule has 0 saturated heterocycles. The third kappa shape index (κ3) is 3.21. The van der Waals surface area contributed by atoms with Crippen molar-refractivity contribution in [1.29, 1.82) is 0 Å². The number of ether oxygens (including phenoxy) is 1. The first kappa shape index (κ1) is 17.4. The van der Waals surface area contributed by atoms with E-state index in [9.17, 15) is 4.79 Å². The topological polar surface area (TPSA) is 103 Å². The monoisotopic (exact) mass is 407 g/mol. The zero-order valence-corrected chi connectivity index (χ0v) is 16.0. The molecule has 10 heteroatoms. The van der Waals surface area contributed by atoms with Crippen molar-refractivity contribution in [3.63, 3.8) is 0 Å². The van der Waals surface area contributed by atoms with Gasteiger partial charge < -0.3 is 9.72 Å². The quantitative estimate of drug-likeness (QED) is 0.491. The van der Waals surface area contributed by atoms with Crippen LogP contribution in [-0.4, -0.2) is 34.1 Å². The van der Waals surface area contributed by atoms with Crippen LogP contribution in [0.1, 0.15) is 11.5 Å². The molecule has 5 aromatic rings. The second-order valence-corrected chi connectivity index (χ2v) is 6.90. The minimum Gasteiger partial charge on any atom is -0.439 e. The van der Waals surface area contributed by atoms with Crippen LogP contribution in [0.3, 0.4) is 0 Å². The molecular weight excluding hydrogens is 394 g/mol. The van der Waals surface area contributed by atoms with Crippen molar-refractivity contribution in [3.8, 4) is 11.6 Å². The average molecular weight is 408 g/mol. The molecule has 0 aliphatic carbocycles. The molecule has 5 rings (SSSR count). The zero-order valence-electron chi connectivity index (χ0n) is 15.2. The van der Waals surface area contributed by atoms with Gasteiger partial charge in [-0.1, -0.05) is 11.6 Å². The number of nitrogens with zero attached hydrogens (tertiary/aromatic N) is 6. The molecule has 29 heavy (non-hydrogen) atoms. The van der Waals surface area contributed by atoms with Gasteiger partial charge in [-0.25, -0.2) is 19.5 Å². The zero-order chi connectivity index (χ0) is 20.0. The van der Waals surface area contributed by atoms with Crippen LogP contribution in [0, 0.1) is 6.92 Å². The lowest BCUT2D eigenvalue weighted by atomic mass is 10.3. The molecule has 1 N–H and O–H groups in total. The number of aromatic nitrogens is 7. The van der Waals surface area contributed by atoms with E-state index < -0.39 is 0 Å². The Hall–Kier alpha value is -3.72. The summed E-state index contributed by atoms with van der Waals surface area (Å²) in [5.74, 6) is 1.64. The number of hydrogen-bond acceptors (Lipinski definition) is 6. The van der Waals surface area contributed by atoms with Crippen molar-refractivity contribution >= 4 is 28.2 Å². The molecule has 4 heterocycles. The van der Waals surface area contributed by atoms with Crippen LogP contribution in [0.4, 0.5) is 0 Å². The molecule has 0 spiro atoms. The molecule has 1 aromatic carbocycles. The van der Waals surface area contributed by atoms with Gasteiger partial charge in [-0.3, -0.25) is 9.36 Å². The molecule has 0 aliphatic rings. The Morgan fingerprint density at radius 3 is 2.83 bits per heavy atom. The molecule has 0 amide bonds. The smallest absolute Gasteiger partial charge is 0.280 e. The van der Waals surface area contributed by atoms with Crippen LogP contribution >= 0.6 is 11.6 Å². The Kier molecular flexibility index (Phi) is 4.02. The minimum absolute atomic E-state index is 0.180. The maximum absolute atomic E-state index is 12.7. The molecule has 0 bridgehead atoms. The number of fused-ring (bicyclic) bond motifs is 2. The van der Waals surface area contributed by atoms with Crippen molar-refractivity contribution in [3.05, 3.63) is 76.1 Å². The highest BCUT2D eigenvalue weighted by molar-refractivity contribution is 6.30. The molecular formula is C19H14ClN7O2. The minimum atomic E-state index is -0.180. The summed E-state index contributed by atoms with van der Waals surface area (Å²) in [5, 5.41) is 4.84. The molecule has 0 saturated carbocycles. The predicted octanol–water partition coefficient (Wildman–Crippen LogP) is 2.96. The Morgan fingerprint density at radius 2 is 2.00 bits per heavy atom. The van der Waals surface area contributed by atoms with Crippen molar-refractivity contribution < 1.29 is 4.74 Å². The van der Waals surface area contributed by atoms with Gasteiger partial charge in [0.15, 0.2) is 5.52 Å². The fourth-order valence-electron chi connectivity index (χ4n) is 3.04. The first-order valence-electron chi connectivity index (χ1n) is 8.74. The Morgan fingerprint density at radius 1 is 1.17 bits per heavy atom. The summed E-state index contributed by atoms with van der Waals surface area (Å²) in [4.78, 5) is 28.8. The van der Waals surface area contributed by atoms with E-state index in [2.05, 4.69) is 25.0 Å². The second-order valence-electron chi connectivity index (χ2n) is 6.47. The summed E-state index contributed by atoms with van der Waals surface area (Å²) in [5.41, 5.74) is 2.33. The fraction of sp³-hybridized carbons (Fsp3) is 0.105. The number of aromatic amines is 1. The normalized spacial score (nSPS) is 11.4. The first-order chi connectivity index (χ1) is 14.1. The van der Waals surface area contributed by atoms with Crippen LogP contribution in [-0.2, 0) is 6.54 Å². The van der Waals surface area contributed by atoms with E-state index in [0.717, 1.165) is 5.52 Å². The standard InChI is InChI=1S/C19H14ClN7O2/c1-11-18-19(28)26(10-23-27(18)9-22-11)8-16-24-14-6-17(21-7-15(14)25-16)29-13-4-2-12(20)3-5-13/h2-7,9-10H,8H2,1H3,(H,24,25). The lowest BCUT2D eigenvalue weighted by Crippen LogP contribution is -2.24. The van der Waals surface area contributed by atoms with Crippen molar-refractivity contribution in [2.45, 2.75) is 13.5 Å². The van der Waals surface area contributed by atoms with Gasteiger partial charge in [0.25, 0.3) is 5.56 Å². The average Bonchev–Trinajstić information content (AvgIpc) is 3.29. The van der Waals surface area contributed by atoms with Crippen LogP contribution < -0.4 is 10.3 Å². The highest BCUT2D eigenvalue weighted by Crippen LogP contribution is 2.23. The van der Waals surface area contributed by atoms with Crippen LogP contribution in [0.25, 0.3) is 16.6 Å². The van der Waals surface area contributed by atoms with Gasteiger partial charge in [0.1, 0.15) is 24.2 Å². The van der Waals surface area contributed by atoms with E-state index in [0.29, 0.717) is 39.2 Å².